The van der Waals surface area contributed by atoms with Gasteiger partial charge in [0.25, 0.3) is 0 Å². The van der Waals surface area contributed by atoms with Crippen molar-refractivity contribution >= 4 is 23.0 Å². The van der Waals surface area contributed by atoms with E-state index in [1.165, 1.54) is 6.07 Å². The van der Waals surface area contributed by atoms with E-state index in [1.54, 1.807) is 30.7 Å². The molecule has 0 atom stereocenters. The van der Waals surface area contributed by atoms with Gasteiger partial charge in [-0.15, -0.1) is 0 Å². The van der Waals surface area contributed by atoms with Crippen molar-refractivity contribution in [3.05, 3.63) is 101 Å². The van der Waals surface area contributed by atoms with Crippen LogP contribution in [0.15, 0.2) is 61.6 Å². The van der Waals surface area contributed by atoms with Crippen LogP contribution in [-0.2, 0) is 19.3 Å². The molecule has 1 fully saturated rings. The highest BCUT2D eigenvalue weighted by atomic mass is 19.4. The van der Waals surface area contributed by atoms with E-state index >= 15 is 0 Å². The van der Waals surface area contributed by atoms with Crippen LogP contribution in [0.1, 0.15) is 46.0 Å². The number of alkyl halides is 3. The fourth-order valence-corrected chi connectivity index (χ4v) is 5.10. The summed E-state index contributed by atoms with van der Waals surface area (Å²) >= 11 is 0. The molecule has 234 valence electrons. The van der Waals surface area contributed by atoms with E-state index in [0.29, 0.717) is 22.9 Å². The molecule has 0 spiro atoms. The molecule has 2 aromatic heterocycles. The van der Waals surface area contributed by atoms with Crippen molar-refractivity contribution < 1.29 is 13.2 Å². The van der Waals surface area contributed by atoms with Crippen LogP contribution >= 0.6 is 0 Å². The summed E-state index contributed by atoms with van der Waals surface area (Å²) in [7, 11) is 2.02. The number of hydrogen-bond acceptors (Lipinski definition) is 7. The molecule has 0 amide bonds. The molecule has 45 heavy (non-hydrogen) atoms. The van der Waals surface area contributed by atoms with Crippen LogP contribution < -0.4 is 10.6 Å². The summed E-state index contributed by atoms with van der Waals surface area (Å²) in [6, 6.07) is 10.1. The van der Waals surface area contributed by atoms with Gasteiger partial charge in [0.15, 0.2) is 0 Å². The average Bonchev–Trinajstić information content (AvgIpc) is 3.37. The van der Waals surface area contributed by atoms with Crippen LogP contribution in [0, 0.1) is 25.7 Å². The highest BCUT2D eigenvalue weighted by Crippen LogP contribution is 2.35. The monoisotopic (exact) mass is 614 g/mol. The van der Waals surface area contributed by atoms with Crippen LogP contribution in [0.5, 0.6) is 0 Å². The molecule has 3 heterocycles. The predicted molar refractivity (Wildman–Crippen MR) is 172 cm³/mol. The van der Waals surface area contributed by atoms with Gasteiger partial charge in [0.05, 0.1) is 28.7 Å². The Morgan fingerprint density at radius 3 is 2.38 bits per heavy atom. The van der Waals surface area contributed by atoms with Crippen LogP contribution in [0.25, 0.3) is 5.70 Å². The first-order chi connectivity index (χ1) is 21.5. The molecule has 1 saturated heterocycles. The van der Waals surface area contributed by atoms with E-state index in [4.69, 9.17) is 0 Å². The quantitative estimate of drug-likeness (QED) is 0.226. The van der Waals surface area contributed by atoms with E-state index in [-0.39, 0.29) is 12.1 Å². The second-order valence-corrected chi connectivity index (χ2v) is 11.2. The minimum Gasteiger partial charge on any atom is -0.356 e. The second kappa shape index (κ2) is 13.5. The Balaban J connectivity index is 1.27. The molecule has 0 bridgehead atoms. The largest absolute Gasteiger partial charge is 0.416 e. The van der Waals surface area contributed by atoms with E-state index in [0.717, 1.165) is 60.8 Å². The van der Waals surface area contributed by atoms with E-state index in [1.807, 2.05) is 50.7 Å². The Bertz CT molecular complexity index is 1720. The van der Waals surface area contributed by atoms with Crippen LogP contribution in [0.2, 0.25) is 0 Å². The number of nitrogens with one attached hydrogen (secondary N) is 2. The average molecular weight is 615 g/mol. The molecule has 1 aliphatic heterocycles. The fraction of sp³-hybridized carbons (Fsp3) is 0.324. The van der Waals surface area contributed by atoms with Gasteiger partial charge in [-0.2, -0.15) is 18.3 Å². The number of nitrogens with zero attached hydrogens (tertiary/aromatic N) is 6. The molecule has 2 N–H and O–H groups in total. The van der Waals surface area contributed by atoms with Crippen LogP contribution in [0.3, 0.4) is 0 Å². The Hall–Kier alpha value is -4.66. The van der Waals surface area contributed by atoms with Crippen molar-refractivity contribution in [2.24, 2.45) is 0 Å². The molecule has 1 aliphatic rings. The summed E-state index contributed by atoms with van der Waals surface area (Å²) in [5.41, 5.74) is 5.34. The SMILES string of the molecule is C=C(Nc1ccc(CN2CCN(C)CC2)c(C(F)(F)F)c1)c1ccc(C)c(C#Cc2cnc(Nc3cnn(CC)c3C)nc2)c1. The zero-order valence-corrected chi connectivity index (χ0v) is 26.0. The molecule has 0 saturated carbocycles. The number of benzene rings is 2. The van der Waals surface area contributed by atoms with E-state index in [2.05, 4.69) is 53.9 Å². The molecule has 0 radical (unpaired) electrons. The Kier molecular flexibility index (Phi) is 9.56. The van der Waals surface area contributed by atoms with Gasteiger partial charge in [0, 0.05) is 68.6 Å². The number of aryl methyl sites for hydroxylation is 2. The smallest absolute Gasteiger partial charge is 0.356 e. The van der Waals surface area contributed by atoms with E-state index < -0.39 is 11.7 Å². The van der Waals surface area contributed by atoms with Gasteiger partial charge in [-0.3, -0.25) is 9.58 Å². The number of rotatable bonds is 8. The van der Waals surface area contributed by atoms with Crippen molar-refractivity contribution in [3.63, 3.8) is 0 Å². The lowest BCUT2D eigenvalue weighted by Gasteiger charge is -2.33. The number of likely N-dealkylation sites (N-methyl/N-ethyl adjacent to an activating group) is 1. The predicted octanol–water partition coefficient (Wildman–Crippen LogP) is 6.30. The first-order valence-electron chi connectivity index (χ1n) is 14.8. The summed E-state index contributed by atoms with van der Waals surface area (Å²) in [6.07, 6.45) is 0.567. The van der Waals surface area contributed by atoms with Gasteiger partial charge in [-0.25, -0.2) is 9.97 Å². The third kappa shape index (κ3) is 7.90. The molecule has 11 heteroatoms. The minimum atomic E-state index is -4.47. The lowest BCUT2D eigenvalue weighted by atomic mass is 10.0. The maximum Gasteiger partial charge on any atom is 0.416 e. The molecule has 4 aromatic rings. The molecular weight excluding hydrogens is 577 g/mol. The number of hydrogen-bond donors (Lipinski definition) is 2. The third-order valence-electron chi connectivity index (χ3n) is 7.93. The van der Waals surface area contributed by atoms with Gasteiger partial charge in [0.2, 0.25) is 5.95 Å². The molecule has 0 aliphatic carbocycles. The summed E-state index contributed by atoms with van der Waals surface area (Å²) in [4.78, 5) is 13.0. The first-order valence-corrected chi connectivity index (χ1v) is 14.8. The molecule has 0 unspecified atom stereocenters. The standard InChI is InChI=1S/C34H37F3N8/c1-6-45-25(4)32(21-40-45)42-33-38-19-26(20-39-33)8-10-27-17-28(9-7-23(27)2)24(3)41-30-12-11-29(31(18-30)34(35,36)37)22-44-15-13-43(5)14-16-44/h7,9,11-12,17-21,41H,3,6,13-16,22H2,1-2,4-5H3,(H,38,39,42). The summed E-state index contributed by atoms with van der Waals surface area (Å²) in [5, 5.41) is 10.6. The molecular formula is C34H37F3N8. The Morgan fingerprint density at radius 1 is 0.978 bits per heavy atom. The number of halogens is 3. The zero-order valence-electron chi connectivity index (χ0n) is 26.0. The summed E-state index contributed by atoms with van der Waals surface area (Å²) in [6.45, 7) is 14.2. The Morgan fingerprint density at radius 2 is 1.71 bits per heavy atom. The van der Waals surface area contributed by atoms with Gasteiger partial charge in [-0.1, -0.05) is 36.6 Å². The first kappa shape index (κ1) is 31.8. The van der Waals surface area contributed by atoms with Crippen molar-refractivity contribution in [2.75, 3.05) is 43.9 Å². The Labute approximate surface area is 262 Å². The fourth-order valence-electron chi connectivity index (χ4n) is 5.10. The minimum absolute atomic E-state index is 0.262. The molecule has 2 aromatic carbocycles. The van der Waals surface area contributed by atoms with Gasteiger partial charge in [0.1, 0.15) is 0 Å². The summed E-state index contributed by atoms with van der Waals surface area (Å²) < 4.78 is 44.1. The lowest BCUT2D eigenvalue weighted by molar-refractivity contribution is -0.138. The lowest BCUT2D eigenvalue weighted by Crippen LogP contribution is -2.44. The maximum atomic E-state index is 14.1. The maximum absolute atomic E-state index is 14.1. The van der Waals surface area contributed by atoms with Crippen molar-refractivity contribution in [3.8, 4) is 11.8 Å². The van der Waals surface area contributed by atoms with Gasteiger partial charge < -0.3 is 15.5 Å². The zero-order chi connectivity index (χ0) is 32.1. The topological polar surface area (TPSA) is 74.1 Å². The number of anilines is 3. The van der Waals surface area contributed by atoms with Gasteiger partial charge >= 0.3 is 6.18 Å². The number of piperazine rings is 1. The second-order valence-electron chi connectivity index (χ2n) is 11.2. The van der Waals surface area contributed by atoms with Crippen LogP contribution in [0.4, 0.5) is 30.5 Å². The summed E-state index contributed by atoms with van der Waals surface area (Å²) in [5.74, 6) is 6.71. The van der Waals surface area contributed by atoms with Crippen molar-refractivity contribution in [1.82, 2.24) is 29.5 Å². The highest BCUT2D eigenvalue weighted by Gasteiger charge is 2.34. The molecule has 8 nitrogen and oxygen atoms in total. The van der Waals surface area contributed by atoms with Crippen molar-refractivity contribution in [2.45, 2.75) is 40.0 Å². The highest BCUT2D eigenvalue weighted by molar-refractivity contribution is 5.76. The normalized spacial score (nSPS) is 14.1. The number of aromatic nitrogens is 4. The van der Waals surface area contributed by atoms with Gasteiger partial charge in [-0.05, 0) is 62.7 Å². The van der Waals surface area contributed by atoms with Crippen LogP contribution in [-0.4, -0.2) is 62.8 Å². The van der Waals surface area contributed by atoms with E-state index in [9.17, 15) is 13.2 Å². The molecule has 5 rings (SSSR count). The van der Waals surface area contributed by atoms with Crippen molar-refractivity contribution in [1.29, 1.82) is 0 Å². The third-order valence-corrected chi connectivity index (χ3v) is 7.93.